The predicted molar refractivity (Wildman–Crippen MR) is 79.8 cm³/mol. The lowest BCUT2D eigenvalue weighted by Crippen LogP contribution is -2.18. The SMILES string of the molecule is CC(C)(C)c1nc(N)cc(-n2ncc3ccccc32)n1. The van der Waals surface area contributed by atoms with E-state index in [4.69, 9.17) is 5.73 Å². The van der Waals surface area contributed by atoms with Crippen molar-refractivity contribution in [1.82, 2.24) is 19.7 Å². The number of aromatic nitrogens is 4. The summed E-state index contributed by atoms with van der Waals surface area (Å²) in [6.07, 6.45) is 1.82. The summed E-state index contributed by atoms with van der Waals surface area (Å²) in [5.41, 5.74) is 6.76. The minimum absolute atomic E-state index is 0.160. The van der Waals surface area contributed by atoms with Crippen LogP contribution in [-0.2, 0) is 5.41 Å². The molecule has 2 heterocycles. The van der Waals surface area contributed by atoms with Crippen molar-refractivity contribution in [2.45, 2.75) is 26.2 Å². The summed E-state index contributed by atoms with van der Waals surface area (Å²) < 4.78 is 1.79. The van der Waals surface area contributed by atoms with Gasteiger partial charge in [-0.1, -0.05) is 39.0 Å². The van der Waals surface area contributed by atoms with Gasteiger partial charge in [-0.3, -0.25) is 0 Å². The fourth-order valence-corrected chi connectivity index (χ4v) is 2.05. The lowest BCUT2D eigenvalue weighted by atomic mass is 9.96. The molecule has 5 heteroatoms. The number of nitrogen functional groups attached to an aromatic ring is 1. The van der Waals surface area contributed by atoms with E-state index in [-0.39, 0.29) is 5.41 Å². The first-order chi connectivity index (χ1) is 9.45. The maximum Gasteiger partial charge on any atom is 0.159 e. The minimum atomic E-state index is -0.160. The number of fused-ring (bicyclic) bond motifs is 1. The van der Waals surface area contributed by atoms with Crippen molar-refractivity contribution in [3.05, 3.63) is 42.4 Å². The highest BCUT2D eigenvalue weighted by molar-refractivity contribution is 5.79. The maximum atomic E-state index is 5.91. The Bertz CT molecular complexity index is 767. The zero-order chi connectivity index (χ0) is 14.3. The second kappa shape index (κ2) is 4.30. The molecular weight excluding hydrogens is 250 g/mol. The largest absolute Gasteiger partial charge is 0.384 e. The van der Waals surface area contributed by atoms with Crippen LogP contribution in [0.2, 0.25) is 0 Å². The first-order valence-electron chi connectivity index (χ1n) is 6.53. The van der Waals surface area contributed by atoms with Crippen LogP contribution in [-0.4, -0.2) is 19.7 Å². The predicted octanol–water partition coefficient (Wildman–Crippen LogP) is 2.70. The molecule has 0 radical (unpaired) electrons. The first kappa shape index (κ1) is 12.6. The summed E-state index contributed by atoms with van der Waals surface area (Å²) in [6.45, 7) is 6.19. The van der Waals surface area contributed by atoms with E-state index in [0.717, 1.165) is 10.9 Å². The number of anilines is 1. The van der Waals surface area contributed by atoms with E-state index in [1.54, 1.807) is 10.7 Å². The summed E-state index contributed by atoms with van der Waals surface area (Å²) in [4.78, 5) is 8.93. The highest BCUT2D eigenvalue weighted by atomic mass is 15.3. The van der Waals surface area contributed by atoms with Gasteiger partial charge in [0, 0.05) is 16.9 Å². The Morgan fingerprint density at radius 3 is 2.60 bits per heavy atom. The third-order valence-electron chi connectivity index (χ3n) is 3.10. The van der Waals surface area contributed by atoms with E-state index in [0.29, 0.717) is 17.5 Å². The molecule has 0 atom stereocenters. The third kappa shape index (κ3) is 2.11. The topological polar surface area (TPSA) is 69.6 Å². The molecule has 0 saturated carbocycles. The summed E-state index contributed by atoms with van der Waals surface area (Å²) in [5.74, 6) is 1.87. The molecule has 102 valence electrons. The van der Waals surface area contributed by atoms with E-state index >= 15 is 0 Å². The second-order valence-electron chi connectivity index (χ2n) is 5.84. The molecule has 2 aromatic heterocycles. The van der Waals surface area contributed by atoms with Crippen molar-refractivity contribution < 1.29 is 0 Å². The molecule has 5 nitrogen and oxygen atoms in total. The van der Waals surface area contributed by atoms with Gasteiger partial charge >= 0.3 is 0 Å². The number of nitrogens with zero attached hydrogens (tertiary/aromatic N) is 4. The number of nitrogens with two attached hydrogens (primary N) is 1. The van der Waals surface area contributed by atoms with Crippen molar-refractivity contribution in [3.8, 4) is 5.82 Å². The minimum Gasteiger partial charge on any atom is -0.384 e. The summed E-state index contributed by atoms with van der Waals surface area (Å²) in [5, 5.41) is 5.47. The zero-order valence-electron chi connectivity index (χ0n) is 11.8. The zero-order valence-corrected chi connectivity index (χ0v) is 11.8. The van der Waals surface area contributed by atoms with Crippen LogP contribution < -0.4 is 5.73 Å². The smallest absolute Gasteiger partial charge is 0.159 e. The molecule has 0 fully saturated rings. The van der Waals surface area contributed by atoms with Crippen LogP contribution in [0, 0.1) is 0 Å². The molecule has 0 unspecified atom stereocenters. The van der Waals surface area contributed by atoms with Gasteiger partial charge in [0.15, 0.2) is 5.82 Å². The number of rotatable bonds is 1. The highest BCUT2D eigenvalue weighted by Crippen LogP contribution is 2.22. The van der Waals surface area contributed by atoms with Gasteiger partial charge in [-0.25, -0.2) is 14.6 Å². The summed E-state index contributed by atoms with van der Waals surface area (Å²) in [7, 11) is 0. The molecule has 0 bridgehead atoms. The first-order valence-corrected chi connectivity index (χ1v) is 6.53. The van der Waals surface area contributed by atoms with E-state index < -0.39 is 0 Å². The summed E-state index contributed by atoms with van der Waals surface area (Å²) >= 11 is 0. The molecule has 0 aliphatic rings. The molecule has 0 aliphatic carbocycles. The maximum absolute atomic E-state index is 5.91. The Hall–Kier alpha value is -2.43. The normalized spacial score (nSPS) is 11.9. The van der Waals surface area contributed by atoms with Crippen LogP contribution in [0.4, 0.5) is 5.82 Å². The lowest BCUT2D eigenvalue weighted by Gasteiger charge is -2.17. The van der Waals surface area contributed by atoms with Gasteiger partial charge in [0.05, 0.1) is 11.7 Å². The molecule has 0 aliphatic heterocycles. The molecule has 0 spiro atoms. The van der Waals surface area contributed by atoms with E-state index in [1.165, 1.54) is 0 Å². The fraction of sp³-hybridized carbons (Fsp3) is 0.267. The van der Waals surface area contributed by atoms with Gasteiger partial charge in [0.25, 0.3) is 0 Å². The van der Waals surface area contributed by atoms with Gasteiger partial charge < -0.3 is 5.73 Å². The molecule has 2 N–H and O–H groups in total. The Labute approximate surface area is 117 Å². The van der Waals surface area contributed by atoms with Gasteiger partial charge in [-0.05, 0) is 6.07 Å². The molecule has 0 saturated heterocycles. The monoisotopic (exact) mass is 267 g/mol. The van der Waals surface area contributed by atoms with Crippen LogP contribution in [0.25, 0.3) is 16.7 Å². The molecule has 3 rings (SSSR count). The van der Waals surface area contributed by atoms with Crippen LogP contribution in [0.15, 0.2) is 36.5 Å². The average molecular weight is 267 g/mol. The van der Waals surface area contributed by atoms with Gasteiger partial charge in [0.1, 0.15) is 11.6 Å². The van der Waals surface area contributed by atoms with Crippen LogP contribution in [0.5, 0.6) is 0 Å². The molecular formula is C15H17N5. The third-order valence-corrected chi connectivity index (χ3v) is 3.10. The van der Waals surface area contributed by atoms with E-state index in [9.17, 15) is 0 Å². The molecule has 20 heavy (non-hydrogen) atoms. The van der Waals surface area contributed by atoms with Crippen molar-refractivity contribution in [2.24, 2.45) is 0 Å². The fourth-order valence-electron chi connectivity index (χ4n) is 2.05. The van der Waals surface area contributed by atoms with Crippen molar-refractivity contribution in [3.63, 3.8) is 0 Å². The van der Waals surface area contributed by atoms with Crippen LogP contribution in [0.1, 0.15) is 26.6 Å². The number of benzene rings is 1. The van der Waals surface area contributed by atoms with Crippen molar-refractivity contribution in [1.29, 1.82) is 0 Å². The second-order valence-corrected chi connectivity index (χ2v) is 5.84. The Balaban J connectivity index is 2.22. The molecule has 0 amide bonds. The Morgan fingerprint density at radius 2 is 1.85 bits per heavy atom. The quantitative estimate of drug-likeness (QED) is 0.736. The van der Waals surface area contributed by atoms with Gasteiger partial charge in [0.2, 0.25) is 0 Å². The summed E-state index contributed by atoms with van der Waals surface area (Å²) in [6, 6.07) is 9.75. The van der Waals surface area contributed by atoms with Gasteiger partial charge in [-0.15, -0.1) is 0 Å². The van der Waals surface area contributed by atoms with Gasteiger partial charge in [-0.2, -0.15) is 5.10 Å². The number of hydrogen-bond acceptors (Lipinski definition) is 4. The standard InChI is InChI=1S/C15H17N5/c1-15(2,3)14-18-12(16)8-13(19-14)20-11-7-5-4-6-10(11)9-17-20/h4-9H,1-3H3,(H2,16,18,19). The molecule has 1 aromatic carbocycles. The van der Waals surface area contributed by atoms with Crippen molar-refractivity contribution in [2.75, 3.05) is 5.73 Å². The number of para-hydroxylation sites is 1. The molecule has 3 aromatic rings. The Kier molecular flexibility index (Phi) is 2.71. The van der Waals surface area contributed by atoms with E-state index in [2.05, 4.69) is 35.8 Å². The van der Waals surface area contributed by atoms with Crippen LogP contribution in [0.3, 0.4) is 0 Å². The lowest BCUT2D eigenvalue weighted by molar-refractivity contribution is 0.543. The van der Waals surface area contributed by atoms with Crippen molar-refractivity contribution >= 4 is 16.7 Å². The van der Waals surface area contributed by atoms with E-state index in [1.807, 2.05) is 30.5 Å². The Morgan fingerprint density at radius 1 is 1.10 bits per heavy atom. The average Bonchev–Trinajstić information content (AvgIpc) is 2.80. The van der Waals surface area contributed by atoms with Crippen LogP contribution >= 0.6 is 0 Å². The number of hydrogen-bond donors (Lipinski definition) is 1. The highest BCUT2D eigenvalue weighted by Gasteiger charge is 2.19.